The highest BCUT2D eigenvalue weighted by molar-refractivity contribution is 5.90. The molecule has 0 radical (unpaired) electrons. The third kappa shape index (κ3) is 3.66. The first-order valence-corrected chi connectivity index (χ1v) is 9.96. The van der Waals surface area contributed by atoms with E-state index in [1.54, 1.807) is 4.90 Å². The lowest BCUT2D eigenvalue weighted by molar-refractivity contribution is -0.135. The second kappa shape index (κ2) is 7.77. The second-order valence-corrected chi connectivity index (χ2v) is 7.45. The number of carbonyl (C=O) groups excluding carboxylic acids is 2. The van der Waals surface area contributed by atoms with Crippen LogP contribution in [0.5, 0.6) is 11.5 Å². The van der Waals surface area contributed by atoms with Crippen molar-refractivity contribution in [2.45, 2.75) is 59.3 Å². The average molecular weight is 398 g/mol. The van der Waals surface area contributed by atoms with Crippen molar-refractivity contribution in [3.05, 3.63) is 40.7 Å². The number of fused-ring (bicyclic) bond motifs is 1. The number of amides is 2. The molecule has 1 atom stereocenters. The molecule has 3 heterocycles. The fourth-order valence-electron chi connectivity index (χ4n) is 4.03. The van der Waals surface area contributed by atoms with E-state index in [0.29, 0.717) is 37.4 Å². The third-order valence-corrected chi connectivity index (χ3v) is 5.69. The van der Waals surface area contributed by atoms with Gasteiger partial charge in [-0.2, -0.15) is 5.10 Å². The van der Waals surface area contributed by atoms with Crippen LogP contribution < -0.4 is 14.8 Å². The highest BCUT2D eigenvalue weighted by Crippen LogP contribution is 2.33. The van der Waals surface area contributed by atoms with Gasteiger partial charge >= 0.3 is 0 Å². The minimum atomic E-state index is -0.463. The van der Waals surface area contributed by atoms with Crippen LogP contribution in [-0.2, 0) is 29.2 Å². The fraction of sp³-hybridized carbons (Fsp3) is 0.476. The predicted molar refractivity (Wildman–Crippen MR) is 105 cm³/mol. The molecule has 29 heavy (non-hydrogen) atoms. The molecule has 1 aromatic carbocycles. The molecule has 0 bridgehead atoms. The van der Waals surface area contributed by atoms with E-state index in [0.717, 1.165) is 29.1 Å². The molecule has 8 heteroatoms. The van der Waals surface area contributed by atoms with Gasteiger partial charge in [0.05, 0.1) is 5.69 Å². The van der Waals surface area contributed by atoms with Crippen LogP contribution in [0.15, 0.2) is 18.2 Å². The molecule has 2 aromatic rings. The number of nitrogens with one attached hydrogen (secondary N) is 1. The van der Waals surface area contributed by atoms with Gasteiger partial charge in [-0.1, -0.05) is 6.07 Å². The van der Waals surface area contributed by atoms with E-state index in [9.17, 15) is 9.59 Å². The minimum Gasteiger partial charge on any atom is -0.454 e. The topological polar surface area (TPSA) is 85.7 Å². The summed E-state index contributed by atoms with van der Waals surface area (Å²) < 4.78 is 12.7. The fourth-order valence-corrected chi connectivity index (χ4v) is 4.03. The van der Waals surface area contributed by atoms with Crippen molar-refractivity contribution in [2.24, 2.45) is 0 Å². The summed E-state index contributed by atoms with van der Waals surface area (Å²) in [5, 5.41) is 7.50. The number of benzene rings is 1. The summed E-state index contributed by atoms with van der Waals surface area (Å²) in [5.41, 5.74) is 3.93. The largest absolute Gasteiger partial charge is 0.454 e. The second-order valence-electron chi connectivity index (χ2n) is 7.45. The van der Waals surface area contributed by atoms with Crippen molar-refractivity contribution < 1.29 is 19.1 Å². The number of aryl methyl sites for hydroxylation is 2. The zero-order valence-electron chi connectivity index (χ0n) is 17.0. The molecule has 0 saturated carbocycles. The Balaban J connectivity index is 1.43. The van der Waals surface area contributed by atoms with E-state index >= 15 is 0 Å². The maximum Gasteiger partial charge on any atom is 0.243 e. The molecule has 0 aliphatic carbocycles. The number of likely N-dealkylation sites (tertiary alicyclic amines) is 1. The van der Waals surface area contributed by atoms with Crippen molar-refractivity contribution in [2.75, 3.05) is 6.79 Å². The van der Waals surface area contributed by atoms with Gasteiger partial charge in [-0.25, -0.2) is 0 Å². The Morgan fingerprint density at radius 2 is 2.07 bits per heavy atom. The Morgan fingerprint density at radius 1 is 1.28 bits per heavy atom. The van der Waals surface area contributed by atoms with Crippen molar-refractivity contribution in [3.63, 3.8) is 0 Å². The van der Waals surface area contributed by atoms with Crippen molar-refractivity contribution in [3.8, 4) is 11.5 Å². The smallest absolute Gasteiger partial charge is 0.243 e. The summed E-state index contributed by atoms with van der Waals surface area (Å²) in [4.78, 5) is 27.0. The van der Waals surface area contributed by atoms with Crippen LogP contribution in [0.2, 0.25) is 0 Å². The van der Waals surface area contributed by atoms with Gasteiger partial charge in [0.25, 0.3) is 0 Å². The lowest BCUT2D eigenvalue weighted by atomic mass is 10.1. The van der Waals surface area contributed by atoms with Crippen LogP contribution >= 0.6 is 0 Å². The third-order valence-electron chi connectivity index (χ3n) is 5.69. The molecule has 1 saturated heterocycles. The van der Waals surface area contributed by atoms with Gasteiger partial charge in [0.2, 0.25) is 18.6 Å². The first kappa shape index (κ1) is 19.3. The van der Waals surface area contributed by atoms with Gasteiger partial charge in [0.15, 0.2) is 11.5 Å². The Hall–Kier alpha value is -3.03. The van der Waals surface area contributed by atoms with Gasteiger partial charge in [-0.15, -0.1) is 0 Å². The SMILES string of the molecule is CCn1nc(C)c(CNC(=O)C2CCC(=O)N2Cc2ccc3c(c2)OCO3)c1C. The van der Waals surface area contributed by atoms with Gasteiger partial charge in [-0.05, 0) is 44.9 Å². The first-order chi connectivity index (χ1) is 14.0. The number of hydrogen-bond donors (Lipinski definition) is 1. The Bertz CT molecular complexity index is 952. The summed E-state index contributed by atoms with van der Waals surface area (Å²) in [6, 6.07) is 5.15. The van der Waals surface area contributed by atoms with Gasteiger partial charge in [0, 0.05) is 37.3 Å². The average Bonchev–Trinajstić information content (AvgIpc) is 3.39. The summed E-state index contributed by atoms with van der Waals surface area (Å²) in [6.45, 7) is 7.79. The molecule has 2 aliphatic rings. The first-order valence-electron chi connectivity index (χ1n) is 9.96. The highest BCUT2D eigenvalue weighted by Gasteiger charge is 2.36. The monoisotopic (exact) mass is 398 g/mol. The number of nitrogens with zero attached hydrogens (tertiary/aromatic N) is 3. The standard InChI is InChI=1S/C21H26N4O4/c1-4-25-14(3)16(13(2)23-25)10-22-21(27)17-6-8-20(26)24(17)11-15-5-7-18-19(9-15)29-12-28-18/h5,7,9,17H,4,6,8,10-12H2,1-3H3,(H,22,27). The molecule has 2 amide bonds. The van der Waals surface area contributed by atoms with Crippen molar-refractivity contribution >= 4 is 11.8 Å². The van der Waals surface area contributed by atoms with Crippen LogP contribution in [0.1, 0.15) is 42.3 Å². The zero-order valence-corrected chi connectivity index (χ0v) is 17.0. The van der Waals surface area contributed by atoms with E-state index in [-0.39, 0.29) is 18.6 Å². The molecule has 0 spiro atoms. The molecule has 4 rings (SSSR count). The molecule has 154 valence electrons. The van der Waals surface area contributed by atoms with Crippen molar-refractivity contribution in [1.82, 2.24) is 20.0 Å². The molecule has 1 aromatic heterocycles. The van der Waals surface area contributed by atoms with Crippen LogP contribution in [0.25, 0.3) is 0 Å². The molecule has 8 nitrogen and oxygen atoms in total. The predicted octanol–water partition coefficient (Wildman–Crippen LogP) is 2.06. The van der Waals surface area contributed by atoms with E-state index in [2.05, 4.69) is 10.4 Å². The quantitative estimate of drug-likeness (QED) is 0.805. The Labute approximate surface area is 169 Å². The normalized spacial score (nSPS) is 17.8. The maximum absolute atomic E-state index is 12.9. The zero-order chi connectivity index (χ0) is 20.5. The van der Waals surface area contributed by atoms with E-state index in [1.165, 1.54) is 0 Å². The number of rotatable bonds is 6. The molecular formula is C21H26N4O4. The number of carbonyl (C=O) groups is 2. The van der Waals surface area contributed by atoms with Crippen LogP contribution in [0.4, 0.5) is 0 Å². The number of aromatic nitrogens is 2. The van der Waals surface area contributed by atoms with Gasteiger partial charge in [0.1, 0.15) is 6.04 Å². The maximum atomic E-state index is 12.9. The van der Waals surface area contributed by atoms with Crippen LogP contribution in [0, 0.1) is 13.8 Å². The van der Waals surface area contributed by atoms with Crippen LogP contribution in [-0.4, -0.2) is 39.3 Å². The summed E-state index contributed by atoms with van der Waals surface area (Å²) in [5.74, 6) is 1.25. The molecule has 1 N–H and O–H groups in total. The van der Waals surface area contributed by atoms with E-state index in [1.807, 2.05) is 43.7 Å². The molecule has 1 unspecified atom stereocenters. The molecule has 2 aliphatic heterocycles. The van der Waals surface area contributed by atoms with Gasteiger partial charge < -0.3 is 19.7 Å². The summed E-state index contributed by atoms with van der Waals surface area (Å²) >= 11 is 0. The number of hydrogen-bond acceptors (Lipinski definition) is 5. The number of ether oxygens (including phenoxy) is 2. The minimum absolute atomic E-state index is 0.00557. The lowest BCUT2D eigenvalue weighted by Gasteiger charge is -2.24. The van der Waals surface area contributed by atoms with E-state index in [4.69, 9.17) is 9.47 Å². The van der Waals surface area contributed by atoms with Crippen molar-refractivity contribution in [1.29, 1.82) is 0 Å². The lowest BCUT2D eigenvalue weighted by Crippen LogP contribution is -2.44. The highest BCUT2D eigenvalue weighted by atomic mass is 16.7. The van der Waals surface area contributed by atoms with Crippen LogP contribution in [0.3, 0.4) is 0 Å². The molecular weight excluding hydrogens is 372 g/mol. The Kier molecular flexibility index (Phi) is 5.17. The van der Waals surface area contributed by atoms with Gasteiger partial charge in [-0.3, -0.25) is 14.3 Å². The van der Waals surface area contributed by atoms with E-state index < -0.39 is 6.04 Å². The Morgan fingerprint density at radius 3 is 2.83 bits per heavy atom. The summed E-state index contributed by atoms with van der Waals surface area (Å²) in [7, 11) is 0. The molecule has 1 fully saturated rings. The summed E-state index contributed by atoms with van der Waals surface area (Å²) in [6.07, 6.45) is 0.913.